The Hall–Kier alpha value is -1.59. The van der Waals surface area contributed by atoms with Crippen LogP contribution in [0.5, 0.6) is 0 Å². The highest BCUT2D eigenvalue weighted by Gasteiger charge is 2.32. The minimum absolute atomic E-state index is 0.319. The number of nitrogens with zero attached hydrogens (tertiary/aromatic N) is 1. The van der Waals surface area contributed by atoms with E-state index < -0.39 is 11.2 Å². The largest absolute Gasteiger partial charge is 0.456 e. The molecule has 2 N–H and O–H groups in total. The van der Waals surface area contributed by atoms with Gasteiger partial charge in [0, 0.05) is 25.8 Å². The summed E-state index contributed by atoms with van der Waals surface area (Å²) in [5, 5.41) is 13.6. The molecule has 1 heterocycles. The number of ether oxygens (including phenoxy) is 1. The summed E-state index contributed by atoms with van der Waals surface area (Å²) in [5.74, 6) is -0.319. The average molecular weight is 306 g/mol. The summed E-state index contributed by atoms with van der Waals surface area (Å²) in [6, 6.07) is 7.28. The highest BCUT2D eigenvalue weighted by molar-refractivity contribution is 5.90. The molecule has 122 valence electrons. The number of β-amino-alcohol motifs (C(OH)–C–C–N with tert-alkyl or cyclic N) is 1. The van der Waals surface area contributed by atoms with Gasteiger partial charge in [0.15, 0.2) is 0 Å². The normalized spacial score (nSPS) is 21.7. The third kappa shape index (κ3) is 4.45. The molecule has 0 radical (unpaired) electrons. The maximum atomic E-state index is 12.0. The lowest BCUT2D eigenvalue weighted by Crippen LogP contribution is -2.43. The molecular weight excluding hydrogens is 280 g/mol. The average Bonchev–Trinajstić information content (AvgIpc) is 2.83. The van der Waals surface area contributed by atoms with Crippen molar-refractivity contribution in [2.75, 3.05) is 31.6 Å². The standard InChI is InChI=1S/C17H26N2O3/c1-16(2,3)22-15(20)13-5-7-14(8-6-13)19(4)12-17(21)9-10-18-11-17/h5-8,18,21H,9-12H2,1-4H3. The van der Waals surface area contributed by atoms with E-state index in [0.29, 0.717) is 18.7 Å². The topological polar surface area (TPSA) is 61.8 Å². The zero-order valence-corrected chi connectivity index (χ0v) is 13.8. The summed E-state index contributed by atoms with van der Waals surface area (Å²) < 4.78 is 5.35. The summed E-state index contributed by atoms with van der Waals surface area (Å²) in [7, 11) is 1.94. The maximum Gasteiger partial charge on any atom is 0.338 e. The van der Waals surface area contributed by atoms with Gasteiger partial charge in [-0.25, -0.2) is 4.79 Å². The van der Waals surface area contributed by atoms with Gasteiger partial charge in [0.1, 0.15) is 5.60 Å². The molecule has 1 aromatic rings. The quantitative estimate of drug-likeness (QED) is 0.831. The number of hydrogen-bond acceptors (Lipinski definition) is 5. The van der Waals surface area contributed by atoms with Gasteiger partial charge in [0.05, 0.1) is 11.2 Å². The van der Waals surface area contributed by atoms with E-state index in [-0.39, 0.29) is 5.97 Å². The van der Waals surface area contributed by atoms with Gasteiger partial charge in [-0.15, -0.1) is 0 Å². The molecule has 1 atom stereocenters. The molecular formula is C17H26N2O3. The highest BCUT2D eigenvalue weighted by atomic mass is 16.6. The number of rotatable bonds is 4. The van der Waals surface area contributed by atoms with Crippen LogP contribution in [0.3, 0.4) is 0 Å². The molecule has 0 saturated carbocycles. The maximum absolute atomic E-state index is 12.0. The Balaban J connectivity index is 2.00. The molecule has 1 saturated heterocycles. The van der Waals surface area contributed by atoms with E-state index in [1.54, 1.807) is 12.1 Å². The van der Waals surface area contributed by atoms with Gasteiger partial charge >= 0.3 is 5.97 Å². The van der Waals surface area contributed by atoms with Crippen LogP contribution in [0.15, 0.2) is 24.3 Å². The van der Waals surface area contributed by atoms with Gasteiger partial charge in [-0.2, -0.15) is 0 Å². The molecule has 1 aromatic carbocycles. The van der Waals surface area contributed by atoms with Crippen molar-refractivity contribution in [3.63, 3.8) is 0 Å². The van der Waals surface area contributed by atoms with Crippen LogP contribution in [0.2, 0.25) is 0 Å². The SMILES string of the molecule is CN(CC1(O)CCNC1)c1ccc(C(=O)OC(C)(C)C)cc1. The summed E-state index contributed by atoms with van der Waals surface area (Å²) in [6.07, 6.45) is 0.757. The van der Waals surface area contributed by atoms with Crippen LogP contribution in [0, 0.1) is 0 Å². The Morgan fingerprint density at radius 2 is 2.00 bits per heavy atom. The van der Waals surface area contributed by atoms with Crippen LogP contribution < -0.4 is 10.2 Å². The van der Waals surface area contributed by atoms with Crippen molar-refractivity contribution in [3.05, 3.63) is 29.8 Å². The monoisotopic (exact) mass is 306 g/mol. The highest BCUT2D eigenvalue weighted by Crippen LogP contribution is 2.21. The van der Waals surface area contributed by atoms with Crippen LogP contribution in [0.4, 0.5) is 5.69 Å². The fraction of sp³-hybridized carbons (Fsp3) is 0.588. The van der Waals surface area contributed by atoms with Crippen molar-refractivity contribution in [2.45, 2.75) is 38.4 Å². The van der Waals surface area contributed by atoms with Gasteiger partial charge < -0.3 is 20.1 Å². The first-order chi connectivity index (χ1) is 10.2. The van der Waals surface area contributed by atoms with E-state index in [0.717, 1.165) is 18.7 Å². The molecule has 0 aromatic heterocycles. The number of aliphatic hydroxyl groups is 1. The minimum atomic E-state index is -0.682. The number of benzene rings is 1. The van der Waals surface area contributed by atoms with Crippen LogP contribution in [-0.4, -0.2) is 49.0 Å². The predicted octanol–water partition coefficient (Wildman–Crippen LogP) is 1.80. The number of carbonyl (C=O) groups is 1. The van der Waals surface area contributed by atoms with Gasteiger partial charge in [-0.1, -0.05) is 0 Å². The Morgan fingerprint density at radius 3 is 2.50 bits per heavy atom. The third-order valence-corrected chi connectivity index (χ3v) is 3.70. The van der Waals surface area contributed by atoms with Gasteiger partial charge in [0.2, 0.25) is 0 Å². The zero-order valence-electron chi connectivity index (χ0n) is 13.8. The number of nitrogens with one attached hydrogen (secondary N) is 1. The van der Waals surface area contributed by atoms with E-state index in [9.17, 15) is 9.90 Å². The molecule has 2 rings (SSSR count). The Kier molecular flexibility index (Phi) is 4.78. The second-order valence-corrected chi connectivity index (χ2v) is 7.06. The molecule has 1 unspecified atom stereocenters. The first-order valence-electron chi connectivity index (χ1n) is 7.66. The smallest absolute Gasteiger partial charge is 0.338 e. The number of likely N-dealkylation sites (N-methyl/N-ethyl adjacent to an activating group) is 1. The van der Waals surface area contributed by atoms with Gasteiger partial charge in [-0.3, -0.25) is 0 Å². The van der Waals surface area contributed by atoms with Crippen molar-refractivity contribution in [1.82, 2.24) is 5.32 Å². The summed E-state index contributed by atoms with van der Waals surface area (Å²) >= 11 is 0. The Labute approximate surface area is 132 Å². The second kappa shape index (κ2) is 6.26. The van der Waals surface area contributed by atoms with E-state index in [4.69, 9.17) is 4.74 Å². The molecule has 0 aliphatic carbocycles. The van der Waals surface area contributed by atoms with Crippen LogP contribution in [0.1, 0.15) is 37.6 Å². The molecule has 1 aliphatic heterocycles. The molecule has 5 nitrogen and oxygen atoms in total. The predicted molar refractivity (Wildman–Crippen MR) is 87.3 cm³/mol. The van der Waals surface area contributed by atoms with Gasteiger partial charge in [0.25, 0.3) is 0 Å². The van der Waals surface area contributed by atoms with Crippen molar-refractivity contribution in [2.24, 2.45) is 0 Å². The fourth-order valence-corrected chi connectivity index (χ4v) is 2.59. The van der Waals surface area contributed by atoms with Crippen LogP contribution >= 0.6 is 0 Å². The lowest BCUT2D eigenvalue weighted by molar-refractivity contribution is 0.00694. The molecule has 0 spiro atoms. The Bertz CT molecular complexity index is 514. The van der Waals surface area contributed by atoms with Crippen molar-refractivity contribution < 1.29 is 14.6 Å². The van der Waals surface area contributed by atoms with Crippen molar-refractivity contribution in [1.29, 1.82) is 0 Å². The molecule has 0 amide bonds. The lowest BCUT2D eigenvalue weighted by atomic mass is 10.0. The molecule has 1 fully saturated rings. The Morgan fingerprint density at radius 1 is 1.36 bits per heavy atom. The number of esters is 1. The zero-order chi connectivity index (χ0) is 16.4. The van der Waals surface area contributed by atoms with Gasteiger partial charge in [-0.05, 0) is 58.0 Å². The molecule has 5 heteroatoms. The van der Waals surface area contributed by atoms with E-state index in [1.807, 2.05) is 44.9 Å². The number of anilines is 1. The summed E-state index contributed by atoms with van der Waals surface area (Å²) in [6.45, 7) is 7.58. The molecule has 22 heavy (non-hydrogen) atoms. The summed E-state index contributed by atoms with van der Waals surface area (Å²) in [4.78, 5) is 14.0. The first-order valence-corrected chi connectivity index (χ1v) is 7.66. The van der Waals surface area contributed by atoms with E-state index >= 15 is 0 Å². The fourth-order valence-electron chi connectivity index (χ4n) is 2.59. The van der Waals surface area contributed by atoms with E-state index in [1.165, 1.54) is 0 Å². The molecule has 1 aliphatic rings. The summed E-state index contributed by atoms with van der Waals surface area (Å²) in [5.41, 5.74) is 0.324. The van der Waals surface area contributed by atoms with Crippen LogP contribution in [-0.2, 0) is 4.74 Å². The minimum Gasteiger partial charge on any atom is -0.456 e. The van der Waals surface area contributed by atoms with Crippen LogP contribution in [0.25, 0.3) is 0 Å². The number of carbonyl (C=O) groups excluding carboxylic acids is 1. The third-order valence-electron chi connectivity index (χ3n) is 3.70. The lowest BCUT2D eigenvalue weighted by Gasteiger charge is -2.29. The number of hydrogen-bond donors (Lipinski definition) is 2. The first kappa shape index (κ1) is 16.8. The molecule has 0 bridgehead atoms. The van der Waals surface area contributed by atoms with Crippen molar-refractivity contribution in [3.8, 4) is 0 Å². The second-order valence-electron chi connectivity index (χ2n) is 7.06. The van der Waals surface area contributed by atoms with E-state index in [2.05, 4.69) is 5.32 Å². The van der Waals surface area contributed by atoms with Crippen molar-refractivity contribution >= 4 is 11.7 Å².